The molecule has 1 aliphatic carbocycles. The summed E-state index contributed by atoms with van der Waals surface area (Å²) in [6.07, 6.45) is 5.55. The molecule has 0 amide bonds. The molecule has 35 heavy (non-hydrogen) atoms. The van der Waals surface area contributed by atoms with Gasteiger partial charge >= 0.3 is 5.97 Å². The molecule has 0 radical (unpaired) electrons. The van der Waals surface area contributed by atoms with Crippen LogP contribution in [0.15, 0.2) is 29.4 Å². The molecule has 2 rings (SSSR count). The lowest BCUT2D eigenvalue weighted by atomic mass is 9.84. The summed E-state index contributed by atoms with van der Waals surface area (Å²) in [6, 6.07) is 8.19. The summed E-state index contributed by atoms with van der Waals surface area (Å²) in [5.41, 5.74) is 3.10. The first-order chi connectivity index (χ1) is 16.8. The number of ether oxygens (including phenoxy) is 1. The van der Waals surface area contributed by atoms with Crippen LogP contribution in [0.4, 0.5) is 0 Å². The quantitative estimate of drug-likeness (QED) is 0.103. The van der Waals surface area contributed by atoms with Crippen LogP contribution in [0, 0.1) is 18.8 Å². The predicted molar refractivity (Wildman–Crippen MR) is 133 cm³/mol. The number of hydrogen-bond acceptors (Lipinski definition) is 8. The Hall–Kier alpha value is -2.00. The lowest BCUT2D eigenvalue weighted by Gasteiger charge is -2.23. The smallest absolute Gasteiger partial charge is 0.305 e. The van der Waals surface area contributed by atoms with Crippen molar-refractivity contribution in [2.45, 2.75) is 95.9 Å². The van der Waals surface area contributed by atoms with Crippen LogP contribution in [-0.4, -0.2) is 68.8 Å². The van der Waals surface area contributed by atoms with Gasteiger partial charge in [-0.1, -0.05) is 48.7 Å². The van der Waals surface area contributed by atoms with Crippen molar-refractivity contribution in [1.82, 2.24) is 0 Å². The third-order valence-electron chi connectivity index (χ3n) is 7.12. The van der Waals surface area contributed by atoms with E-state index < -0.39 is 24.9 Å². The van der Waals surface area contributed by atoms with Gasteiger partial charge < -0.3 is 30.4 Å². The molecular formula is C27H43NO7. The number of carbonyl (C=O) groups excluding carboxylic acids is 1. The van der Waals surface area contributed by atoms with E-state index in [9.17, 15) is 25.3 Å². The molecule has 1 aromatic rings. The number of aliphatic hydroxyl groups is 4. The van der Waals surface area contributed by atoms with E-state index in [2.05, 4.69) is 24.2 Å². The van der Waals surface area contributed by atoms with Gasteiger partial charge in [-0.3, -0.25) is 4.79 Å². The summed E-state index contributed by atoms with van der Waals surface area (Å²) in [6.45, 7) is 1.45. The molecule has 1 saturated carbocycles. The Kier molecular flexibility index (Phi) is 13.3. The van der Waals surface area contributed by atoms with Crippen molar-refractivity contribution >= 4 is 11.7 Å². The average molecular weight is 494 g/mol. The largest absolute Gasteiger partial charge is 0.463 e. The maximum atomic E-state index is 11.6. The molecule has 8 nitrogen and oxygen atoms in total. The highest BCUT2D eigenvalue weighted by molar-refractivity contribution is 5.89. The summed E-state index contributed by atoms with van der Waals surface area (Å²) < 4.78 is 4.89. The molecule has 5 atom stereocenters. The van der Waals surface area contributed by atoms with Gasteiger partial charge in [-0.25, -0.2) is 0 Å². The van der Waals surface area contributed by atoms with E-state index >= 15 is 0 Å². The zero-order valence-corrected chi connectivity index (χ0v) is 20.9. The lowest BCUT2D eigenvalue weighted by molar-refractivity contribution is -0.147. The minimum absolute atomic E-state index is 0.00871. The van der Waals surface area contributed by atoms with Crippen molar-refractivity contribution in [3.05, 3.63) is 35.4 Å². The molecule has 0 spiro atoms. The number of nitrogens with zero attached hydrogens (tertiary/aromatic N) is 1. The topological polar surface area (TPSA) is 140 Å². The summed E-state index contributed by atoms with van der Waals surface area (Å²) >= 11 is 0. The van der Waals surface area contributed by atoms with Crippen molar-refractivity contribution < 1.29 is 35.2 Å². The van der Waals surface area contributed by atoms with Crippen LogP contribution < -0.4 is 0 Å². The molecule has 1 aromatic carbocycles. The van der Waals surface area contributed by atoms with Gasteiger partial charge in [-0.05, 0) is 62.5 Å². The Morgan fingerprint density at radius 2 is 1.83 bits per heavy atom. The Morgan fingerprint density at radius 3 is 2.54 bits per heavy atom. The normalized spacial score (nSPS) is 22.9. The van der Waals surface area contributed by atoms with Gasteiger partial charge in [-0.2, -0.15) is 0 Å². The highest BCUT2D eigenvalue weighted by Crippen LogP contribution is 2.37. The molecule has 0 aliphatic heterocycles. The Balaban J connectivity index is 1.70. The Bertz CT molecular complexity index is 785. The zero-order valence-electron chi connectivity index (χ0n) is 20.9. The maximum absolute atomic E-state index is 11.6. The number of benzene rings is 1. The minimum Gasteiger partial charge on any atom is -0.463 e. The van der Waals surface area contributed by atoms with Gasteiger partial charge in [-0.15, -0.1) is 0 Å². The average Bonchev–Trinajstić information content (AvgIpc) is 3.16. The molecule has 1 aliphatic rings. The van der Waals surface area contributed by atoms with E-state index in [0.717, 1.165) is 32.1 Å². The van der Waals surface area contributed by atoms with E-state index in [1.54, 1.807) is 0 Å². The van der Waals surface area contributed by atoms with Gasteiger partial charge in [0, 0.05) is 18.8 Å². The molecular weight excluding hydrogens is 450 g/mol. The van der Waals surface area contributed by atoms with Crippen molar-refractivity contribution in [3.8, 4) is 0 Å². The monoisotopic (exact) mass is 493 g/mol. The van der Waals surface area contributed by atoms with Crippen molar-refractivity contribution in [1.29, 1.82) is 0 Å². The molecule has 1 fully saturated rings. The fourth-order valence-electron chi connectivity index (χ4n) is 4.97. The lowest BCUT2D eigenvalue weighted by Crippen LogP contribution is -2.22. The van der Waals surface area contributed by atoms with Crippen LogP contribution in [0.1, 0.15) is 75.3 Å². The molecule has 0 bridgehead atoms. The maximum Gasteiger partial charge on any atom is 0.305 e. The van der Waals surface area contributed by atoms with Gasteiger partial charge in [0.25, 0.3) is 0 Å². The number of esters is 1. The third kappa shape index (κ3) is 10.3. The summed E-state index contributed by atoms with van der Waals surface area (Å²) in [4.78, 5) is 11.6. The standard InChI is InChI=1S/C27H43NO7/c1-19-8-6-7-9-20(19)12-13-21(30)14-15-23-24(26(32)16-25(23)28-34)10-4-2-3-5-11-27(33)35-18-22(31)17-29/h6-9,21-24,26,29-32,34H,2-5,10-18H2,1H3/b28-25-/t21-,22?,23+,24+,26-/m0/s1. The first-order valence-electron chi connectivity index (χ1n) is 12.9. The minimum atomic E-state index is -1.04. The summed E-state index contributed by atoms with van der Waals surface area (Å²) in [5, 5.41) is 51.9. The van der Waals surface area contributed by atoms with Gasteiger partial charge in [0.2, 0.25) is 0 Å². The van der Waals surface area contributed by atoms with Crippen LogP contribution in [0.25, 0.3) is 0 Å². The second kappa shape index (κ2) is 15.9. The molecule has 198 valence electrons. The van der Waals surface area contributed by atoms with E-state index in [-0.39, 0.29) is 30.8 Å². The Labute approximate surface area is 208 Å². The van der Waals surface area contributed by atoms with Crippen molar-refractivity contribution in [2.75, 3.05) is 13.2 Å². The van der Waals surface area contributed by atoms with E-state index in [1.807, 2.05) is 12.1 Å². The number of aryl methyl sites for hydroxylation is 2. The van der Waals surface area contributed by atoms with Crippen LogP contribution in [0.2, 0.25) is 0 Å². The molecule has 8 heteroatoms. The van der Waals surface area contributed by atoms with Crippen molar-refractivity contribution in [3.63, 3.8) is 0 Å². The van der Waals surface area contributed by atoms with Crippen molar-refractivity contribution in [2.24, 2.45) is 17.0 Å². The highest BCUT2D eigenvalue weighted by atomic mass is 16.5. The fourth-order valence-corrected chi connectivity index (χ4v) is 4.97. The fraction of sp³-hybridized carbons (Fsp3) is 0.704. The molecule has 0 saturated heterocycles. The van der Waals surface area contributed by atoms with E-state index in [4.69, 9.17) is 9.84 Å². The first kappa shape index (κ1) is 29.2. The third-order valence-corrected chi connectivity index (χ3v) is 7.12. The number of oxime groups is 1. The van der Waals surface area contributed by atoms with Crippen LogP contribution >= 0.6 is 0 Å². The first-order valence-corrected chi connectivity index (χ1v) is 12.9. The van der Waals surface area contributed by atoms with E-state index in [0.29, 0.717) is 37.8 Å². The molecule has 5 N–H and O–H groups in total. The highest BCUT2D eigenvalue weighted by Gasteiger charge is 2.39. The number of hydrogen-bond donors (Lipinski definition) is 5. The summed E-state index contributed by atoms with van der Waals surface area (Å²) in [5.74, 6) is -0.404. The zero-order chi connectivity index (χ0) is 25.6. The second-order valence-corrected chi connectivity index (χ2v) is 9.80. The number of unbranched alkanes of at least 4 members (excludes halogenated alkanes) is 3. The van der Waals surface area contributed by atoms with Crippen LogP contribution in [0.3, 0.4) is 0 Å². The van der Waals surface area contributed by atoms with Gasteiger partial charge in [0.05, 0.1) is 24.5 Å². The molecule has 0 aromatic heterocycles. The van der Waals surface area contributed by atoms with Crippen LogP contribution in [0.5, 0.6) is 0 Å². The molecule has 1 unspecified atom stereocenters. The van der Waals surface area contributed by atoms with Crippen LogP contribution in [-0.2, 0) is 16.0 Å². The number of rotatable bonds is 16. The summed E-state index contributed by atoms with van der Waals surface area (Å²) in [7, 11) is 0. The van der Waals surface area contributed by atoms with Gasteiger partial charge in [0.15, 0.2) is 0 Å². The number of carbonyl (C=O) groups is 1. The number of aliphatic hydroxyl groups excluding tert-OH is 4. The van der Waals surface area contributed by atoms with E-state index in [1.165, 1.54) is 11.1 Å². The second-order valence-electron chi connectivity index (χ2n) is 9.80. The molecule has 0 heterocycles. The van der Waals surface area contributed by atoms with Gasteiger partial charge in [0.1, 0.15) is 12.7 Å². The predicted octanol–water partition coefficient (Wildman–Crippen LogP) is 3.13. The SMILES string of the molecule is Cc1ccccc1CC[C@H](O)CC[C@H]1/C(=N\O)C[C@H](O)[C@@H]1CCCCCCC(=O)OCC(O)CO. The Morgan fingerprint density at radius 1 is 1.09 bits per heavy atom.